The van der Waals surface area contributed by atoms with Gasteiger partial charge < -0.3 is 9.64 Å². The first kappa shape index (κ1) is 12.6. The van der Waals surface area contributed by atoms with Crippen molar-refractivity contribution >= 4 is 5.69 Å². The number of anilines is 1. The smallest absolute Gasteiger partial charge is 0.490 e. The Labute approximate surface area is 106 Å². The van der Waals surface area contributed by atoms with Gasteiger partial charge in [-0.2, -0.15) is 30.3 Å². The third-order valence-corrected chi connectivity index (χ3v) is 2.08. The van der Waals surface area contributed by atoms with E-state index in [9.17, 15) is 0 Å². The third-order valence-electron chi connectivity index (χ3n) is 2.08. The minimum absolute atomic E-state index is 0. The fraction of sp³-hybridized carbons (Fsp3) is 0.0769. The van der Waals surface area contributed by atoms with Crippen molar-refractivity contribution < 1.29 is 21.8 Å². The van der Waals surface area contributed by atoms with Gasteiger partial charge in [-0.1, -0.05) is 0 Å². The van der Waals surface area contributed by atoms with Crippen LogP contribution in [0.25, 0.3) is 0 Å². The molecule has 0 bridgehead atoms. The maximum Gasteiger partial charge on any atom is 2.00 e. The van der Waals surface area contributed by atoms with Crippen LogP contribution in [0.3, 0.4) is 0 Å². The predicted molar refractivity (Wildman–Crippen MR) is 61.6 cm³/mol. The molecule has 0 spiro atoms. The van der Waals surface area contributed by atoms with Crippen LogP contribution in [0.15, 0.2) is 67.1 Å². The summed E-state index contributed by atoms with van der Waals surface area (Å²) in [7, 11) is 0. The van der Waals surface area contributed by atoms with Crippen LogP contribution in [0, 0.1) is 0 Å². The van der Waals surface area contributed by atoms with Crippen LogP contribution in [-0.2, 0) is 21.8 Å². The van der Waals surface area contributed by atoms with Crippen molar-refractivity contribution in [2.24, 2.45) is 0 Å². The van der Waals surface area contributed by atoms with Crippen LogP contribution in [0.4, 0.5) is 5.69 Å². The van der Waals surface area contributed by atoms with Crippen LogP contribution < -0.4 is 4.90 Å². The second-order valence-corrected chi connectivity index (χ2v) is 3.16. The molecule has 84 valence electrons. The van der Waals surface area contributed by atoms with Gasteiger partial charge in [0, 0.05) is 0 Å². The van der Waals surface area contributed by atoms with Crippen LogP contribution in [0.2, 0.25) is 0 Å². The van der Waals surface area contributed by atoms with E-state index in [0.717, 1.165) is 0 Å². The molecule has 3 heteroatoms. The standard InChI is InChI=1S/C8H8NO.C5H5.Fe/c1-2-4-8(3-1)9-5-6-10-7-9;1-2-4-5-3-1;/h1-6H,7H2;1-5H;/q2*-1;+2. The second-order valence-electron chi connectivity index (χ2n) is 3.16. The Bertz CT molecular complexity index is 361. The van der Waals surface area contributed by atoms with Gasteiger partial charge in [-0.25, -0.2) is 12.1 Å². The summed E-state index contributed by atoms with van der Waals surface area (Å²) >= 11 is 0. The zero-order chi connectivity index (χ0) is 10.3. The first-order chi connectivity index (χ1) is 7.47. The summed E-state index contributed by atoms with van der Waals surface area (Å²) in [5, 5.41) is 0. The zero-order valence-corrected chi connectivity index (χ0v) is 9.87. The quantitative estimate of drug-likeness (QED) is 0.573. The van der Waals surface area contributed by atoms with Crippen LogP contribution in [0.1, 0.15) is 0 Å². The van der Waals surface area contributed by atoms with E-state index >= 15 is 0 Å². The molecule has 2 nitrogen and oxygen atoms in total. The molecule has 1 aliphatic rings. The first-order valence-electron chi connectivity index (χ1n) is 4.90. The number of hydrogen-bond acceptors (Lipinski definition) is 2. The molecule has 0 N–H and O–H groups in total. The molecular formula is C13H13FeNO. The summed E-state index contributed by atoms with van der Waals surface area (Å²) in [6.45, 7) is 0.643. The molecule has 0 unspecified atom stereocenters. The normalized spacial score (nSPS) is 12.4. The fourth-order valence-corrected chi connectivity index (χ4v) is 1.32. The average Bonchev–Trinajstić information content (AvgIpc) is 3.06. The fourth-order valence-electron chi connectivity index (χ4n) is 1.32. The number of ether oxygens (including phenoxy) is 1. The molecule has 16 heavy (non-hydrogen) atoms. The summed E-state index contributed by atoms with van der Waals surface area (Å²) in [6, 6.07) is 18.1. The predicted octanol–water partition coefficient (Wildman–Crippen LogP) is 3.07. The molecule has 0 saturated carbocycles. The van der Waals surface area contributed by atoms with E-state index in [1.165, 1.54) is 5.69 Å². The van der Waals surface area contributed by atoms with Gasteiger partial charge in [0.2, 0.25) is 0 Å². The molecule has 0 atom stereocenters. The topological polar surface area (TPSA) is 12.5 Å². The maximum atomic E-state index is 5.03. The molecule has 0 aromatic heterocycles. The molecule has 2 aromatic rings. The van der Waals surface area contributed by atoms with Gasteiger partial charge in [-0.3, -0.25) is 0 Å². The van der Waals surface area contributed by atoms with Gasteiger partial charge in [0.15, 0.2) is 0 Å². The summed E-state index contributed by atoms with van der Waals surface area (Å²) in [4.78, 5) is 2.04. The van der Waals surface area contributed by atoms with E-state index in [0.29, 0.717) is 6.73 Å². The van der Waals surface area contributed by atoms with Gasteiger partial charge in [0.25, 0.3) is 0 Å². The number of hydrogen-bond donors (Lipinski definition) is 0. The van der Waals surface area contributed by atoms with Crippen molar-refractivity contribution in [2.75, 3.05) is 11.6 Å². The van der Waals surface area contributed by atoms with Gasteiger partial charge in [-0.05, 0) is 11.9 Å². The van der Waals surface area contributed by atoms with E-state index in [4.69, 9.17) is 4.74 Å². The van der Waals surface area contributed by atoms with E-state index in [1.807, 2.05) is 53.6 Å². The summed E-state index contributed by atoms with van der Waals surface area (Å²) in [5.41, 5.74) is 1.19. The molecule has 1 heterocycles. The molecular weight excluding hydrogens is 242 g/mol. The third kappa shape index (κ3) is 3.61. The molecule has 0 fully saturated rings. The van der Waals surface area contributed by atoms with E-state index in [-0.39, 0.29) is 17.1 Å². The Morgan fingerprint density at radius 3 is 2.19 bits per heavy atom. The average molecular weight is 255 g/mol. The monoisotopic (exact) mass is 255 g/mol. The molecule has 0 radical (unpaired) electrons. The maximum absolute atomic E-state index is 5.03. The van der Waals surface area contributed by atoms with Gasteiger partial charge in [0.05, 0.1) is 6.26 Å². The molecule has 0 saturated heterocycles. The largest absolute Gasteiger partial charge is 2.00 e. The van der Waals surface area contributed by atoms with Crippen molar-refractivity contribution in [3.63, 3.8) is 0 Å². The Morgan fingerprint density at radius 1 is 1.06 bits per heavy atom. The molecule has 1 aliphatic heterocycles. The van der Waals surface area contributed by atoms with Crippen LogP contribution in [0.5, 0.6) is 0 Å². The molecule has 2 aromatic carbocycles. The van der Waals surface area contributed by atoms with Crippen molar-refractivity contribution in [1.82, 2.24) is 0 Å². The minimum atomic E-state index is 0. The van der Waals surface area contributed by atoms with Gasteiger partial charge in [-0.15, -0.1) is 12.1 Å². The summed E-state index contributed by atoms with van der Waals surface area (Å²) in [6.07, 6.45) is 3.63. The second kappa shape index (κ2) is 6.94. The molecule has 0 amide bonds. The van der Waals surface area contributed by atoms with Crippen LogP contribution in [-0.4, -0.2) is 6.73 Å². The SMILES string of the molecule is C1=CN([c-]2cccc2)CO1.[Fe+2].c1cc[cH-]c1. The van der Waals surface area contributed by atoms with E-state index in [1.54, 1.807) is 6.26 Å². The van der Waals surface area contributed by atoms with Crippen molar-refractivity contribution in [3.05, 3.63) is 67.1 Å². The Kier molecular flexibility index (Phi) is 5.47. The van der Waals surface area contributed by atoms with E-state index < -0.39 is 0 Å². The number of rotatable bonds is 1. The van der Waals surface area contributed by atoms with E-state index in [2.05, 4.69) is 12.1 Å². The van der Waals surface area contributed by atoms with Gasteiger partial charge >= 0.3 is 17.1 Å². The minimum Gasteiger partial charge on any atom is -0.490 e. The first-order valence-corrected chi connectivity index (χ1v) is 4.90. The molecule has 3 rings (SSSR count). The Morgan fingerprint density at radius 2 is 1.75 bits per heavy atom. The van der Waals surface area contributed by atoms with Crippen molar-refractivity contribution in [3.8, 4) is 0 Å². The van der Waals surface area contributed by atoms with Crippen LogP contribution >= 0.6 is 0 Å². The summed E-state index contributed by atoms with van der Waals surface area (Å²) < 4.78 is 5.03. The Balaban J connectivity index is 0.000000183. The summed E-state index contributed by atoms with van der Waals surface area (Å²) in [5.74, 6) is 0. The zero-order valence-electron chi connectivity index (χ0n) is 8.77. The Hall–Kier alpha value is -1.44. The van der Waals surface area contributed by atoms with Gasteiger partial charge in [0.1, 0.15) is 6.73 Å². The van der Waals surface area contributed by atoms with Crippen molar-refractivity contribution in [2.45, 2.75) is 0 Å². The molecule has 0 aliphatic carbocycles. The number of nitrogens with zero attached hydrogens (tertiary/aromatic N) is 1. The van der Waals surface area contributed by atoms with Crippen molar-refractivity contribution in [1.29, 1.82) is 0 Å².